The highest BCUT2D eigenvalue weighted by Crippen LogP contribution is 2.40. The fraction of sp³-hybridized carbons (Fsp3) is 0.304. The van der Waals surface area contributed by atoms with Gasteiger partial charge in [-0.05, 0) is 60.8 Å². The number of ether oxygens (including phenoxy) is 3. The Labute approximate surface area is 191 Å². The molecule has 1 unspecified atom stereocenters. The van der Waals surface area contributed by atoms with Crippen LogP contribution < -0.4 is 25.3 Å². The van der Waals surface area contributed by atoms with Crippen LogP contribution in [-0.2, 0) is 4.79 Å². The molecule has 1 heterocycles. The maximum Gasteiger partial charge on any atom is 0.244 e. The summed E-state index contributed by atoms with van der Waals surface area (Å²) < 4.78 is 20.9. The number of benzene rings is 2. The summed E-state index contributed by atoms with van der Waals surface area (Å²) in [4.78, 5) is 12.4. The highest BCUT2D eigenvalue weighted by molar-refractivity contribution is 7.04. The van der Waals surface area contributed by atoms with Crippen LogP contribution in [0.4, 0.5) is 5.69 Å². The first-order valence-electron chi connectivity index (χ1n) is 9.91. The summed E-state index contributed by atoms with van der Waals surface area (Å²) in [5.74, 6) is 1.27. The first-order valence-corrected chi connectivity index (χ1v) is 10.7. The van der Waals surface area contributed by atoms with Crippen LogP contribution in [0.25, 0.3) is 22.4 Å². The third-order valence-electron chi connectivity index (χ3n) is 5.10. The number of amides is 1. The standard InChI is InChI=1S/C23H27N3O5S/c1-12-8-15(10-19(30-4)22(12)31-5)21-16(11-32-26-21)14-6-7-18(29-3)17(9-14)25-23(28)20(24)13(2)27/h6-11,13,20,27H,24H2,1-5H3,(H,25,28)/t13?,20-/m1/s1. The number of anilines is 1. The molecule has 0 aliphatic carbocycles. The number of aliphatic hydroxyl groups is 1. The Morgan fingerprint density at radius 1 is 1.09 bits per heavy atom. The zero-order valence-corrected chi connectivity index (χ0v) is 19.4. The smallest absolute Gasteiger partial charge is 0.244 e. The molecule has 8 nitrogen and oxygen atoms in total. The number of hydrogen-bond acceptors (Lipinski definition) is 8. The number of nitrogens with zero attached hydrogens (tertiary/aromatic N) is 1. The quantitative estimate of drug-likeness (QED) is 0.474. The van der Waals surface area contributed by atoms with Gasteiger partial charge in [-0.3, -0.25) is 4.79 Å². The molecule has 3 aromatic rings. The van der Waals surface area contributed by atoms with E-state index in [2.05, 4.69) is 9.69 Å². The Kier molecular flexibility index (Phi) is 7.34. The lowest BCUT2D eigenvalue weighted by molar-refractivity contribution is -0.119. The Morgan fingerprint density at radius 2 is 1.81 bits per heavy atom. The number of carbonyl (C=O) groups is 1. The monoisotopic (exact) mass is 457 g/mol. The summed E-state index contributed by atoms with van der Waals surface area (Å²) in [5.41, 5.74) is 10.5. The number of aromatic nitrogens is 1. The summed E-state index contributed by atoms with van der Waals surface area (Å²) in [6, 6.07) is 8.28. The van der Waals surface area contributed by atoms with Crippen molar-refractivity contribution in [2.45, 2.75) is 26.0 Å². The second-order valence-corrected chi connectivity index (χ2v) is 7.91. The molecule has 4 N–H and O–H groups in total. The predicted octanol–water partition coefficient (Wildman–Crippen LogP) is 3.46. The molecule has 9 heteroatoms. The lowest BCUT2D eigenvalue weighted by Crippen LogP contribution is -2.43. The second kappa shape index (κ2) is 9.99. The third kappa shape index (κ3) is 4.69. The van der Waals surface area contributed by atoms with Crippen LogP contribution in [0.2, 0.25) is 0 Å². The summed E-state index contributed by atoms with van der Waals surface area (Å²) in [7, 11) is 4.72. The molecule has 0 saturated carbocycles. The number of nitrogens with two attached hydrogens (primary N) is 1. The Morgan fingerprint density at radius 3 is 2.44 bits per heavy atom. The van der Waals surface area contributed by atoms with E-state index in [-0.39, 0.29) is 0 Å². The molecule has 3 rings (SSSR count). The Balaban J connectivity index is 2.04. The molecule has 0 bridgehead atoms. The van der Waals surface area contributed by atoms with E-state index in [9.17, 15) is 9.90 Å². The fourth-order valence-electron chi connectivity index (χ4n) is 3.35. The lowest BCUT2D eigenvalue weighted by atomic mass is 9.99. The summed E-state index contributed by atoms with van der Waals surface area (Å²) in [6.07, 6.45) is -0.981. The van der Waals surface area contributed by atoms with Crippen molar-refractivity contribution in [3.63, 3.8) is 0 Å². The first kappa shape index (κ1) is 23.5. The summed E-state index contributed by atoms with van der Waals surface area (Å²) in [6.45, 7) is 3.41. The SMILES string of the molecule is COc1ccc(-c2csnc2-c2cc(C)c(OC)c(OC)c2)cc1NC(=O)[C@H](N)C(C)O. The highest BCUT2D eigenvalue weighted by atomic mass is 32.1. The number of aryl methyl sites for hydroxylation is 1. The molecule has 0 radical (unpaired) electrons. The normalized spacial score (nSPS) is 12.7. The van der Waals surface area contributed by atoms with Crippen LogP contribution in [-0.4, -0.2) is 48.9 Å². The van der Waals surface area contributed by atoms with E-state index >= 15 is 0 Å². The van der Waals surface area contributed by atoms with Crippen molar-refractivity contribution in [2.24, 2.45) is 5.73 Å². The molecule has 0 aliphatic rings. The topological polar surface area (TPSA) is 116 Å². The van der Waals surface area contributed by atoms with Crippen molar-refractivity contribution in [2.75, 3.05) is 26.6 Å². The molecule has 1 amide bonds. The van der Waals surface area contributed by atoms with Gasteiger partial charge in [-0.2, -0.15) is 4.37 Å². The zero-order valence-electron chi connectivity index (χ0n) is 18.6. The van der Waals surface area contributed by atoms with Crippen LogP contribution in [0.15, 0.2) is 35.7 Å². The Bertz CT molecular complexity index is 1110. The van der Waals surface area contributed by atoms with Crippen LogP contribution in [0.5, 0.6) is 17.2 Å². The number of carbonyl (C=O) groups excluding carboxylic acids is 1. The van der Waals surface area contributed by atoms with Crippen LogP contribution in [0.1, 0.15) is 12.5 Å². The van der Waals surface area contributed by atoms with Gasteiger partial charge in [-0.1, -0.05) is 6.07 Å². The van der Waals surface area contributed by atoms with E-state index in [1.807, 2.05) is 30.5 Å². The molecule has 0 aliphatic heterocycles. The van der Waals surface area contributed by atoms with E-state index in [1.165, 1.54) is 25.6 Å². The number of nitrogens with one attached hydrogen (secondary N) is 1. The van der Waals surface area contributed by atoms with Gasteiger partial charge in [0.15, 0.2) is 11.5 Å². The lowest BCUT2D eigenvalue weighted by Gasteiger charge is -2.17. The molecule has 2 atom stereocenters. The molecular formula is C23H27N3O5S. The fourth-order valence-corrected chi connectivity index (χ4v) is 4.06. The van der Waals surface area contributed by atoms with Gasteiger partial charge in [0.1, 0.15) is 11.8 Å². The third-order valence-corrected chi connectivity index (χ3v) is 5.73. The molecular weight excluding hydrogens is 430 g/mol. The predicted molar refractivity (Wildman–Crippen MR) is 126 cm³/mol. The van der Waals surface area contributed by atoms with Gasteiger partial charge >= 0.3 is 0 Å². The summed E-state index contributed by atoms with van der Waals surface area (Å²) >= 11 is 1.33. The van der Waals surface area contributed by atoms with Crippen molar-refractivity contribution in [3.8, 4) is 39.6 Å². The number of rotatable bonds is 8. The van der Waals surface area contributed by atoms with Crippen molar-refractivity contribution in [3.05, 3.63) is 41.3 Å². The minimum Gasteiger partial charge on any atom is -0.495 e. The average molecular weight is 458 g/mol. The van der Waals surface area contributed by atoms with Crippen LogP contribution >= 0.6 is 11.5 Å². The van der Waals surface area contributed by atoms with E-state index in [1.54, 1.807) is 26.4 Å². The Hall–Kier alpha value is -3.14. The van der Waals surface area contributed by atoms with Crippen molar-refractivity contribution >= 4 is 23.1 Å². The van der Waals surface area contributed by atoms with E-state index in [4.69, 9.17) is 19.9 Å². The average Bonchev–Trinajstić information content (AvgIpc) is 3.27. The number of aliphatic hydroxyl groups excluding tert-OH is 1. The number of methoxy groups -OCH3 is 3. The molecule has 1 aromatic heterocycles. The minimum atomic E-state index is -1.06. The van der Waals surface area contributed by atoms with Gasteiger partial charge < -0.3 is 30.4 Å². The molecule has 0 saturated heterocycles. The number of hydrogen-bond donors (Lipinski definition) is 3. The highest BCUT2D eigenvalue weighted by Gasteiger charge is 2.21. The van der Waals surface area contributed by atoms with Crippen molar-refractivity contribution < 1.29 is 24.1 Å². The van der Waals surface area contributed by atoms with Gasteiger partial charge in [0.05, 0.1) is 38.8 Å². The van der Waals surface area contributed by atoms with Gasteiger partial charge in [0.2, 0.25) is 5.91 Å². The molecule has 170 valence electrons. The van der Waals surface area contributed by atoms with Gasteiger partial charge in [-0.25, -0.2) is 0 Å². The van der Waals surface area contributed by atoms with Gasteiger partial charge in [0, 0.05) is 16.5 Å². The second-order valence-electron chi connectivity index (χ2n) is 7.28. The first-order chi connectivity index (χ1) is 15.3. The maximum atomic E-state index is 12.4. The molecule has 2 aromatic carbocycles. The minimum absolute atomic E-state index is 0.451. The van der Waals surface area contributed by atoms with Crippen molar-refractivity contribution in [1.29, 1.82) is 0 Å². The summed E-state index contributed by atoms with van der Waals surface area (Å²) in [5, 5.41) is 14.3. The molecule has 0 spiro atoms. The van der Waals surface area contributed by atoms with E-state index in [0.29, 0.717) is 22.9 Å². The molecule has 0 fully saturated rings. The molecule has 32 heavy (non-hydrogen) atoms. The zero-order chi connectivity index (χ0) is 23.4. The maximum absolute atomic E-state index is 12.4. The largest absolute Gasteiger partial charge is 0.495 e. The van der Waals surface area contributed by atoms with E-state index < -0.39 is 18.1 Å². The van der Waals surface area contributed by atoms with Crippen LogP contribution in [0.3, 0.4) is 0 Å². The van der Waals surface area contributed by atoms with Crippen LogP contribution in [0, 0.1) is 6.92 Å². The van der Waals surface area contributed by atoms with Gasteiger partial charge in [0.25, 0.3) is 0 Å². The van der Waals surface area contributed by atoms with E-state index in [0.717, 1.165) is 27.9 Å². The van der Waals surface area contributed by atoms with Gasteiger partial charge in [-0.15, -0.1) is 0 Å². The van der Waals surface area contributed by atoms with Crippen molar-refractivity contribution in [1.82, 2.24) is 4.37 Å².